The van der Waals surface area contributed by atoms with E-state index in [-0.39, 0.29) is 11.8 Å². The molecule has 0 radical (unpaired) electrons. The molecule has 1 aliphatic heterocycles. The molecule has 37 heavy (non-hydrogen) atoms. The summed E-state index contributed by atoms with van der Waals surface area (Å²) in [5.74, 6) is 0.572. The van der Waals surface area contributed by atoms with Gasteiger partial charge in [-0.1, -0.05) is 29.0 Å². The van der Waals surface area contributed by atoms with E-state index in [1.165, 1.54) is 15.6 Å². The van der Waals surface area contributed by atoms with E-state index >= 15 is 0 Å². The smallest absolute Gasteiger partial charge is 0.243 e. The summed E-state index contributed by atoms with van der Waals surface area (Å²) < 4.78 is 34.3. The Hall–Kier alpha value is -2.53. The number of sulfonamides is 1. The van der Waals surface area contributed by atoms with Crippen LogP contribution in [0.1, 0.15) is 31.7 Å². The van der Waals surface area contributed by atoms with Gasteiger partial charge in [0.2, 0.25) is 15.9 Å². The number of piperidine rings is 1. The van der Waals surface area contributed by atoms with E-state index in [2.05, 4.69) is 4.90 Å². The lowest BCUT2D eigenvalue weighted by Crippen LogP contribution is -2.45. The van der Waals surface area contributed by atoms with E-state index in [0.717, 1.165) is 34.5 Å². The maximum Gasteiger partial charge on any atom is 0.243 e. The number of rotatable bonds is 10. The summed E-state index contributed by atoms with van der Waals surface area (Å²) in [5, 5.41) is 0.683. The fraction of sp³-hybridized carbons (Fsp3) is 0.481. The molecule has 0 spiro atoms. The first kappa shape index (κ1) is 27.5. The van der Waals surface area contributed by atoms with Crippen LogP contribution in [0.25, 0.3) is 10.2 Å². The van der Waals surface area contributed by atoms with Gasteiger partial charge in [0.15, 0.2) is 5.13 Å². The van der Waals surface area contributed by atoms with Gasteiger partial charge in [0.25, 0.3) is 0 Å². The summed E-state index contributed by atoms with van der Waals surface area (Å²) >= 11 is 1.49. The van der Waals surface area contributed by atoms with Crippen molar-refractivity contribution in [3.63, 3.8) is 0 Å². The Labute approximate surface area is 223 Å². The van der Waals surface area contributed by atoms with Gasteiger partial charge in [-0.05, 0) is 84.1 Å². The Morgan fingerprint density at radius 1 is 1.11 bits per heavy atom. The van der Waals surface area contributed by atoms with E-state index in [1.807, 2.05) is 63.2 Å². The number of hydrogen-bond donors (Lipinski definition) is 0. The van der Waals surface area contributed by atoms with Crippen LogP contribution in [0.3, 0.4) is 0 Å². The molecule has 2 aromatic carbocycles. The molecule has 0 bridgehead atoms. The summed E-state index contributed by atoms with van der Waals surface area (Å²) in [4.78, 5) is 22.8. The zero-order valence-corrected chi connectivity index (χ0v) is 23.6. The normalized spacial score (nSPS) is 15.4. The standard InChI is InChI=1S/C27H36N4O4S2/c1-5-35-22-9-12-24-25(19-22)36-27(28-24)31(16-6-15-29(3)4)26(32)21-13-17-30(18-14-21)37(33,34)23-10-7-20(2)8-11-23/h7-12,19,21H,5-6,13-18H2,1-4H3. The number of thiazole rings is 1. The van der Waals surface area contributed by atoms with E-state index in [4.69, 9.17) is 9.72 Å². The molecule has 1 saturated heterocycles. The highest BCUT2D eigenvalue weighted by molar-refractivity contribution is 7.89. The minimum absolute atomic E-state index is 0.0234. The number of fused-ring (bicyclic) bond motifs is 1. The quantitative estimate of drug-likeness (QED) is 0.377. The Kier molecular flexibility index (Phi) is 8.84. The lowest BCUT2D eigenvalue weighted by molar-refractivity contribution is -0.123. The minimum atomic E-state index is -3.57. The monoisotopic (exact) mass is 544 g/mol. The molecule has 3 aromatic rings. The average molecular weight is 545 g/mol. The van der Waals surface area contributed by atoms with Gasteiger partial charge in [0.1, 0.15) is 5.75 Å². The summed E-state index contributed by atoms with van der Waals surface area (Å²) in [6.07, 6.45) is 1.81. The molecule has 0 saturated carbocycles. The highest BCUT2D eigenvalue weighted by atomic mass is 32.2. The van der Waals surface area contributed by atoms with Crippen LogP contribution in [0, 0.1) is 12.8 Å². The molecule has 10 heteroatoms. The first-order valence-electron chi connectivity index (χ1n) is 12.8. The van der Waals surface area contributed by atoms with Crippen molar-refractivity contribution in [1.29, 1.82) is 0 Å². The topological polar surface area (TPSA) is 83.1 Å². The molecular weight excluding hydrogens is 508 g/mol. The van der Waals surface area contributed by atoms with Crippen molar-refractivity contribution in [2.45, 2.75) is 38.0 Å². The second-order valence-electron chi connectivity index (χ2n) is 9.70. The molecule has 8 nitrogen and oxygen atoms in total. The Morgan fingerprint density at radius 3 is 2.46 bits per heavy atom. The molecule has 0 N–H and O–H groups in total. The largest absolute Gasteiger partial charge is 0.494 e. The van der Waals surface area contributed by atoms with E-state index in [1.54, 1.807) is 12.1 Å². The number of anilines is 1. The highest BCUT2D eigenvalue weighted by Gasteiger charge is 2.35. The predicted octanol–water partition coefficient (Wildman–Crippen LogP) is 4.39. The van der Waals surface area contributed by atoms with Crippen molar-refractivity contribution in [3.8, 4) is 5.75 Å². The van der Waals surface area contributed by atoms with Gasteiger partial charge in [0.05, 0.1) is 21.7 Å². The van der Waals surface area contributed by atoms with Gasteiger partial charge in [-0.3, -0.25) is 9.69 Å². The molecule has 200 valence electrons. The lowest BCUT2D eigenvalue weighted by atomic mass is 9.96. The van der Waals surface area contributed by atoms with Crippen LogP contribution in [0.15, 0.2) is 47.4 Å². The van der Waals surface area contributed by atoms with Crippen LogP contribution >= 0.6 is 11.3 Å². The van der Waals surface area contributed by atoms with Crippen LogP contribution in [-0.2, 0) is 14.8 Å². The van der Waals surface area contributed by atoms with E-state index < -0.39 is 10.0 Å². The SMILES string of the molecule is CCOc1ccc2nc(N(CCCN(C)C)C(=O)C3CCN(S(=O)(=O)c4ccc(C)cc4)CC3)sc2c1. The van der Waals surface area contributed by atoms with Crippen molar-refractivity contribution in [2.24, 2.45) is 5.92 Å². The van der Waals surface area contributed by atoms with Crippen molar-refractivity contribution in [3.05, 3.63) is 48.0 Å². The van der Waals surface area contributed by atoms with Crippen molar-refractivity contribution in [1.82, 2.24) is 14.2 Å². The maximum absolute atomic E-state index is 13.8. The molecule has 1 amide bonds. The average Bonchev–Trinajstić information content (AvgIpc) is 3.30. The molecular formula is C27H36N4O4S2. The number of amides is 1. The molecule has 0 aliphatic carbocycles. The Morgan fingerprint density at radius 2 is 1.81 bits per heavy atom. The molecule has 1 fully saturated rings. The third-order valence-corrected chi connectivity index (χ3v) is 9.56. The molecule has 0 unspecified atom stereocenters. The molecule has 0 atom stereocenters. The molecule has 1 aliphatic rings. The van der Waals surface area contributed by atoms with Crippen LogP contribution < -0.4 is 9.64 Å². The lowest BCUT2D eigenvalue weighted by Gasteiger charge is -2.33. The number of carbonyl (C=O) groups excluding carboxylic acids is 1. The van der Waals surface area contributed by atoms with Gasteiger partial charge >= 0.3 is 0 Å². The summed E-state index contributed by atoms with van der Waals surface area (Å²) in [6, 6.07) is 12.7. The van der Waals surface area contributed by atoms with Crippen molar-refractivity contribution < 1.29 is 17.9 Å². The second kappa shape index (κ2) is 11.9. The first-order valence-corrected chi connectivity index (χ1v) is 15.0. The van der Waals surface area contributed by atoms with Gasteiger partial charge in [-0.25, -0.2) is 13.4 Å². The summed E-state index contributed by atoms with van der Waals surface area (Å²) in [7, 11) is 0.465. The van der Waals surface area contributed by atoms with E-state index in [0.29, 0.717) is 49.1 Å². The first-order chi connectivity index (χ1) is 17.7. The van der Waals surface area contributed by atoms with Crippen LogP contribution in [0.2, 0.25) is 0 Å². The number of ether oxygens (including phenoxy) is 1. The molecule has 1 aromatic heterocycles. The van der Waals surface area contributed by atoms with Gasteiger partial charge in [-0.2, -0.15) is 4.31 Å². The third-order valence-electron chi connectivity index (χ3n) is 6.61. The van der Waals surface area contributed by atoms with Gasteiger partial charge < -0.3 is 9.64 Å². The van der Waals surface area contributed by atoms with Crippen molar-refractivity contribution >= 4 is 42.6 Å². The number of aromatic nitrogens is 1. The van der Waals surface area contributed by atoms with Gasteiger partial charge in [0, 0.05) is 25.6 Å². The highest BCUT2D eigenvalue weighted by Crippen LogP contribution is 2.34. The van der Waals surface area contributed by atoms with Crippen molar-refractivity contribution in [2.75, 3.05) is 51.8 Å². The fourth-order valence-corrected chi connectivity index (χ4v) is 7.03. The fourth-order valence-electron chi connectivity index (χ4n) is 4.53. The van der Waals surface area contributed by atoms with Crippen LogP contribution in [0.4, 0.5) is 5.13 Å². The van der Waals surface area contributed by atoms with E-state index in [9.17, 15) is 13.2 Å². The number of benzene rings is 2. The number of aryl methyl sites for hydroxylation is 1. The zero-order chi connectivity index (χ0) is 26.6. The Bertz CT molecular complexity index is 1310. The maximum atomic E-state index is 13.8. The predicted molar refractivity (Wildman–Crippen MR) is 149 cm³/mol. The number of hydrogen-bond acceptors (Lipinski definition) is 7. The number of nitrogens with zero attached hydrogens (tertiary/aromatic N) is 4. The molecule has 4 rings (SSSR count). The zero-order valence-electron chi connectivity index (χ0n) is 22.0. The second-order valence-corrected chi connectivity index (χ2v) is 12.6. The summed E-state index contributed by atoms with van der Waals surface area (Å²) in [6.45, 7) is 6.55. The minimum Gasteiger partial charge on any atom is -0.494 e. The van der Waals surface area contributed by atoms with Crippen LogP contribution in [0.5, 0.6) is 5.75 Å². The number of carbonyl (C=O) groups is 1. The van der Waals surface area contributed by atoms with Gasteiger partial charge in [-0.15, -0.1) is 0 Å². The van der Waals surface area contributed by atoms with Crippen LogP contribution in [-0.4, -0.2) is 75.4 Å². The Balaban J connectivity index is 1.50. The third kappa shape index (κ3) is 6.49. The molecule has 2 heterocycles. The summed E-state index contributed by atoms with van der Waals surface area (Å²) in [5.41, 5.74) is 1.86.